The highest BCUT2D eigenvalue weighted by Crippen LogP contribution is 2.60. The second-order valence-corrected chi connectivity index (χ2v) is 27.4. The molecule has 2 aromatic carbocycles. The van der Waals surface area contributed by atoms with Gasteiger partial charge >= 0.3 is 11.5 Å². The van der Waals surface area contributed by atoms with Crippen molar-refractivity contribution in [3.05, 3.63) is 96.1 Å². The molecule has 0 aromatic heterocycles. The van der Waals surface area contributed by atoms with Crippen LogP contribution in [-0.2, 0) is 56.2 Å². The van der Waals surface area contributed by atoms with Crippen molar-refractivity contribution in [1.82, 2.24) is 40.0 Å². The molecule has 3 N–H and O–H groups in total. The van der Waals surface area contributed by atoms with Crippen LogP contribution in [0.2, 0.25) is 0 Å². The minimum Gasteiger partial charge on any atom is -0.444 e. The van der Waals surface area contributed by atoms with Gasteiger partial charge in [0.2, 0.25) is 35.4 Å². The van der Waals surface area contributed by atoms with Gasteiger partial charge in [0.15, 0.2) is 11.6 Å². The number of nitrogens with zero attached hydrogens (tertiary/aromatic N) is 6. The number of ketones is 2. The molecule has 6 heterocycles. The average Bonchev–Trinajstić information content (AvgIpc) is 1.58. The van der Waals surface area contributed by atoms with Crippen LogP contribution in [-0.4, -0.2) is 184 Å². The van der Waals surface area contributed by atoms with Crippen LogP contribution < -0.4 is 10.6 Å². The average molecular weight is 1280 g/mol. The van der Waals surface area contributed by atoms with Crippen LogP contribution in [0.3, 0.4) is 0 Å². The molecule has 2 saturated carbocycles. The van der Waals surface area contributed by atoms with Crippen molar-refractivity contribution in [3.8, 4) is 0 Å². The molecular formula is C70H97ClN8O12. The van der Waals surface area contributed by atoms with Gasteiger partial charge in [-0.25, -0.2) is 4.79 Å². The van der Waals surface area contributed by atoms with Gasteiger partial charge in [0.1, 0.15) is 18.2 Å². The molecule has 8 aliphatic rings. The lowest BCUT2D eigenvalue weighted by atomic mass is 9.90. The van der Waals surface area contributed by atoms with E-state index in [0.29, 0.717) is 51.9 Å². The SMILES string of the molecule is CN(C)C(=O)Cl.C[C@H]1CCCCC/C=C\[C@@H]2C[C@@]2(C(=O)N2CCC[C@@H]2C(=O)NCc2ccccc2)CC(=O)[C@@H]2C[C@@H](O)CN2C1=O.C[C@H]1CCCCC/C=C\[C@@H]2C[C@@]2(C(=O)N2CCC[C@@H]2C(=O)NCc2ccccc2)CC(=O)[C@@H]2C[C@@H](OC(=O)N(C)C)CN2C1=O. The van der Waals surface area contributed by atoms with Crippen LogP contribution in [0.4, 0.5) is 9.59 Å². The summed E-state index contributed by atoms with van der Waals surface area (Å²) in [6.07, 6.45) is 20.0. The van der Waals surface area contributed by atoms with Gasteiger partial charge in [-0.15, -0.1) is 0 Å². The number of amides is 8. The number of allylic oxidation sites excluding steroid dienone is 4. The standard InChI is InChI=1S/C35H48N4O6.C32H43N3O5.C3H6ClNO/c1-24-13-8-5-4-6-11-16-26-20-35(26,21-30(40)29-19-27(23-39(29)32(24)42)45-34(44)37(2)3)33(43)38-18-12-17-28(38)31(41)36-22-25-14-9-7-10-15-25;1-22-11-6-3-2-4-9-14-24-18-32(24,19-28(37)27-17-25(36)21-35(27)30(22)39)31(40)34-16-10-15-26(34)29(38)33-20-23-12-7-5-8-13-23;1-5(2)3(4)6/h7,9-11,14-16,24,26-29H,4-6,8,12-13,17-23H2,1-3H3,(H,36,41);5,7-9,12-14,22,24-27,36H,2-4,6,10-11,15-21H2,1H3,(H,33,38);1-2H3/b16-11-;14-9-;/t24-,26+,27+,28+,29-,35+;22-,24+,25+,26+,27-,32+;/m00./s1. The normalized spacial score (nSPS) is 30.9. The van der Waals surface area contributed by atoms with Gasteiger partial charge in [-0.1, -0.05) is 124 Å². The number of hydrogen-bond acceptors (Lipinski definition) is 12. The molecule has 0 spiro atoms. The van der Waals surface area contributed by atoms with E-state index in [2.05, 4.69) is 34.9 Å². The first-order valence-electron chi connectivity index (χ1n) is 33.2. The molecule has 0 bridgehead atoms. The van der Waals surface area contributed by atoms with E-state index in [1.165, 1.54) is 9.80 Å². The number of likely N-dealkylation sites (tertiary alicyclic amines) is 2. The van der Waals surface area contributed by atoms with Crippen LogP contribution in [0.5, 0.6) is 0 Å². The molecule has 91 heavy (non-hydrogen) atoms. The molecule has 0 radical (unpaired) electrons. The third-order valence-electron chi connectivity index (χ3n) is 19.8. The zero-order valence-electron chi connectivity index (χ0n) is 54.2. The van der Waals surface area contributed by atoms with Crippen molar-refractivity contribution in [3.63, 3.8) is 0 Å². The Hall–Kier alpha value is -6.93. The molecule has 20 nitrogen and oxygen atoms in total. The third kappa shape index (κ3) is 17.8. The molecule has 6 fully saturated rings. The summed E-state index contributed by atoms with van der Waals surface area (Å²) in [6, 6.07) is 16.8. The van der Waals surface area contributed by atoms with E-state index in [9.17, 15) is 53.1 Å². The number of aliphatic hydroxyl groups is 1. The van der Waals surface area contributed by atoms with Crippen molar-refractivity contribution >= 4 is 70.1 Å². The summed E-state index contributed by atoms with van der Waals surface area (Å²) < 4.78 is 5.64. The molecule has 10 rings (SSSR count). The van der Waals surface area contributed by atoms with Crippen LogP contribution in [0.25, 0.3) is 0 Å². The molecule has 12 atom stereocenters. The highest BCUT2D eigenvalue weighted by molar-refractivity contribution is 6.62. The van der Waals surface area contributed by atoms with Gasteiger partial charge in [0, 0.05) is 98.4 Å². The van der Waals surface area contributed by atoms with Crippen LogP contribution in [0.1, 0.15) is 153 Å². The molecule has 21 heteroatoms. The maximum Gasteiger partial charge on any atom is 0.409 e. The molecule has 4 saturated heterocycles. The van der Waals surface area contributed by atoms with E-state index in [-0.39, 0.29) is 109 Å². The Balaban J connectivity index is 0.000000216. The van der Waals surface area contributed by atoms with Gasteiger partial charge in [0.25, 0.3) is 0 Å². The van der Waals surface area contributed by atoms with E-state index >= 15 is 0 Å². The number of fused-ring (bicyclic) bond motifs is 4. The Morgan fingerprint density at radius 3 is 1.44 bits per heavy atom. The molecule has 2 aromatic rings. The predicted octanol–water partition coefficient (Wildman–Crippen LogP) is 8.37. The zero-order chi connectivity index (χ0) is 65.6. The minimum atomic E-state index is -0.936. The Labute approximate surface area is 542 Å². The Bertz CT molecular complexity index is 2980. The summed E-state index contributed by atoms with van der Waals surface area (Å²) in [5, 5.41) is 16.0. The monoisotopic (exact) mass is 1280 g/mol. The fraction of sp³-hybridized carbons (Fsp3) is 0.629. The molecule has 6 aliphatic heterocycles. The number of halogens is 1. The lowest BCUT2D eigenvalue weighted by Gasteiger charge is -2.31. The maximum atomic E-state index is 14.4. The smallest absolute Gasteiger partial charge is 0.409 e. The quantitative estimate of drug-likeness (QED) is 0.122. The first kappa shape index (κ1) is 69.9. The van der Waals surface area contributed by atoms with Gasteiger partial charge in [-0.3, -0.25) is 43.2 Å². The predicted molar refractivity (Wildman–Crippen MR) is 344 cm³/mol. The van der Waals surface area contributed by atoms with Gasteiger partial charge < -0.3 is 49.9 Å². The molecule has 496 valence electrons. The second kappa shape index (κ2) is 32.1. The number of ether oxygens (including phenoxy) is 1. The molecule has 8 amide bonds. The topological polar surface area (TPSA) is 244 Å². The number of carbonyl (C=O) groups is 10. The Morgan fingerprint density at radius 2 is 1.01 bits per heavy atom. The van der Waals surface area contributed by atoms with E-state index in [1.807, 2.05) is 74.5 Å². The van der Waals surface area contributed by atoms with Gasteiger partial charge in [-0.05, 0) is 112 Å². The first-order valence-corrected chi connectivity index (χ1v) is 33.6. The summed E-state index contributed by atoms with van der Waals surface area (Å²) in [6.45, 7) is 5.90. The van der Waals surface area contributed by atoms with Gasteiger partial charge in [-0.2, -0.15) is 0 Å². The van der Waals surface area contributed by atoms with Crippen LogP contribution in [0, 0.1) is 34.5 Å². The van der Waals surface area contributed by atoms with Crippen molar-refractivity contribution in [2.45, 2.75) is 192 Å². The summed E-state index contributed by atoms with van der Waals surface area (Å²) in [4.78, 5) is 141. The van der Waals surface area contributed by atoms with Crippen LogP contribution >= 0.6 is 11.6 Å². The number of Topliss-reactive ketones (excluding diaryl/α,β-unsaturated/α-hetero) is 2. The van der Waals surface area contributed by atoms with E-state index in [1.54, 1.807) is 47.8 Å². The second-order valence-electron chi connectivity index (χ2n) is 27.1. The maximum absolute atomic E-state index is 14.4. The zero-order valence-corrected chi connectivity index (χ0v) is 55.0. The van der Waals surface area contributed by atoms with Crippen LogP contribution in [0.15, 0.2) is 85.0 Å². The third-order valence-corrected chi connectivity index (χ3v) is 20.1. The summed E-state index contributed by atoms with van der Waals surface area (Å²) in [5.41, 5.74) is 0.163. The first-order chi connectivity index (χ1) is 43.5. The fourth-order valence-electron chi connectivity index (χ4n) is 14.2. The molecule has 2 aliphatic carbocycles. The van der Waals surface area contributed by atoms with E-state index in [4.69, 9.17) is 16.3 Å². The largest absolute Gasteiger partial charge is 0.444 e. The van der Waals surface area contributed by atoms with E-state index < -0.39 is 58.7 Å². The Kier molecular flexibility index (Phi) is 24.7. The van der Waals surface area contributed by atoms with Crippen molar-refractivity contribution in [2.75, 3.05) is 54.4 Å². The number of rotatable bonds is 9. The number of hydrogen-bond donors (Lipinski definition) is 3. The minimum absolute atomic E-state index is 0.00707. The number of carbonyl (C=O) groups excluding carboxylic acids is 10. The van der Waals surface area contributed by atoms with Crippen molar-refractivity contribution < 1.29 is 57.8 Å². The molecular weight excluding hydrogens is 1180 g/mol. The van der Waals surface area contributed by atoms with Crippen molar-refractivity contribution in [1.29, 1.82) is 0 Å². The van der Waals surface area contributed by atoms with E-state index in [0.717, 1.165) is 88.2 Å². The highest BCUT2D eigenvalue weighted by Gasteiger charge is 2.64. The van der Waals surface area contributed by atoms with Crippen molar-refractivity contribution in [2.24, 2.45) is 34.5 Å². The number of nitrogens with one attached hydrogen (secondary N) is 2. The summed E-state index contributed by atoms with van der Waals surface area (Å²) in [7, 11) is 6.38. The fourth-order valence-corrected chi connectivity index (χ4v) is 14.2. The lowest BCUT2D eigenvalue weighted by molar-refractivity contribution is -0.146. The number of aliphatic hydroxyl groups excluding tert-OH is 1. The van der Waals surface area contributed by atoms with Gasteiger partial charge in [0.05, 0.1) is 35.6 Å². The highest BCUT2D eigenvalue weighted by atomic mass is 35.5. The lowest BCUT2D eigenvalue weighted by Crippen LogP contribution is -2.50. The molecule has 0 unspecified atom stereocenters. The summed E-state index contributed by atoms with van der Waals surface area (Å²) in [5.74, 6) is -1.74. The number of benzene rings is 2. The Morgan fingerprint density at radius 1 is 0.582 bits per heavy atom. The summed E-state index contributed by atoms with van der Waals surface area (Å²) >= 11 is 4.90.